The lowest BCUT2D eigenvalue weighted by atomic mass is 10.7. The van der Waals surface area contributed by atoms with Gasteiger partial charge in [0.25, 0.3) is 0 Å². The summed E-state index contributed by atoms with van der Waals surface area (Å²) in [5.41, 5.74) is 0. The van der Waals surface area contributed by atoms with Crippen LogP contribution in [0.25, 0.3) is 0 Å². The Labute approximate surface area is 72.3 Å². The summed E-state index contributed by atoms with van der Waals surface area (Å²) in [6.07, 6.45) is 0.833. The Morgan fingerprint density at radius 3 is 2.09 bits per heavy atom. The third-order valence-electron chi connectivity index (χ3n) is 0.706. The van der Waals surface area contributed by atoms with Gasteiger partial charge in [0.2, 0.25) is 0 Å². The summed E-state index contributed by atoms with van der Waals surface area (Å²) < 4.78 is 0. The highest BCUT2D eigenvalue weighted by Gasteiger charge is 1.81. The van der Waals surface area contributed by atoms with E-state index in [0.29, 0.717) is 0 Å². The van der Waals surface area contributed by atoms with E-state index in [1.807, 2.05) is 19.0 Å². The van der Waals surface area contributed by atoms with Crippen molar-refractivity contribution in [2.24, 2.45) is 0 Å². The van der Waals surface area contributed by atoms with Crippen LogP contribution in [0.1, 0.15) is 0 Å². The molecule has 0 aromatic carbocycles. The fourth-order valence-electron chi connectivity index (χ4n) is 0.169. The van der Waals surface area contributed by atoms with E-state index in [2.05, 4.69) is 6.58 Å². The van der Waals surface area contributed by atoms with Crippen molar-refractivity contribution < 1.29 is 9.90 Å². The lowest BCUT2D eigenvalue weighted by Gasteiger charge is -2.02. The van der Waals surface area contributed by atoms with Gasteiger partial charge in [0, 0.05) is 18.5 Å². The van der Waals surface area contributed by atoms with Crippen molar-refractivity contribution in [3.05, 3.63) is 12.7 Å². The van der Waals surface area contributed by atoms with E-state index in [1.165, 1.54) is 0 Å². The smallest absolute Gasteiger partial charge is 0.327 e. The highest BCUT2D eigenvalue weighted by atomic mass is 35.5. The minimum atomic E-state index is -0.981. The molecular formula is C7H14ClNO2. The first-order valence-electron chi connectivity index (χ1n) is 3.10. The first kappa shape index (κ1) is 13.1. The SMILES string of the molecule is C=CC(=O)O.CN(C)CCCl. The summed E-state index contributed by atoms with van der Waals surface area (Å²) in [5.74, 6) is -0.252. The summed E-state index contributed by atoms with van der Waals surface area (Å²) in [6, 6.07) is 0. The fourth-order valence-corrected chi connectivity index (χ4v) is 0.507. The molecular weight excluding hydrogens is 166 g/mol. The lowest BCUT2D eigenvalue weighted by molar-refractivity contribution is -0.131. The molecule has 0 spiro atoms. The minimum absolute atomic E-state index is 0.729. The molecule has 0 aliphatic rings. The second-order valence-electron chi connectivity index (χ2n) is 2.03. The maximum absolute atomic E-state index is 9.25. The molecule has 0 aliphatic heterocycles. The van der Waals surface area contributed by atoms with E-state index >= 15 is 0 Å². The van der Waals surface area contributed by atoms with E-state index in [4.69, 9.17) is 16.7 Å². The average molecular weight is 180 g/mol. The van der Waals surface area contributed by atoms with Crippen LogP contribution in [0.5, 0.6) is 0 Å². The Hall–Kier alpha value is -0.540. The summed E-state index contributed by atoms with van der Waals surface area (Å²) >= 11 is 5.35. The topological polar surface area (TPSA) is 40.5 Å². The van der Waals surface area contributed by atoms with Gasteiger partial charge in [-0.15, -0.1) is 11.6 Å². The number of hydrogen-bond donors (Lipinski definition) is 1. The number of rotatable bonds is 3. The van der Waals surface area contributed by atoms with Crippen LogP contribution in [0.2, 0.25) is 0 Å². The highest BCUT2D eigenvalue weighted by Crippen LogP contribution is 1.75. The van der Waals surface area contributed by atoms with Crippen molar-refractivity contribution in [2.75, 3.05) is 26.5 Å². The van der Waals surface area contributed by atoms with Crippen molar-refractivity contribution in [1.29, 1.82) is 0 Å². The Kier molecular flexibility index (Phi) is 11.2. The number of carbonyl (C=O) groups is 1. The predicted molar refractivity (Wildman–Crippen MR) is 47.1 cm³/mol. The Morgan fingerprint density at radius 2 is 2.09 bits per heavy atom. The maximum Gasteiger partial charge on any atom is 0.327 e. The Bertz CT molecular complexity index is 115. The molecule has 66 valence electrons. The van der Waals surface area contributed by atoms with Gasteiger partial charge < -0.3 is 10.0 Å². The van der Waals surface area contributed by atoms with Crippen LogP contribution in [-0.4, -0.2) is 42.5 Å². The maximum atomic E-state index is 9.25. The van der Waals surface area contributed by atoms with E-state index in [-0.39, 0.29) is 0 Å². The predicted octanol–water partition coefficient (Wildman–Crippen LogP) is 1.04. The van der Waals surface area contributed by atoms with Crippen LogP contribution in [0.15, 0.2) is 12.7 Å². The molecule has 0 atom stereocenters. The molecule has 0 fully saturated rings. The van der Waals surface area contributed by atoms with E-state index in [1.54, 1.807) is 0 Å². The summed E-state index contributed by atoms with van der Waals surface area (Å²) in [4.78, 5) is 11.3. The van der Waals surface area contributed by atoms with Gasteiger partial charge in [-0.1, -0.05) is 6.58 Å². The molecule has 0 saturated carbocycles. The van der Waals surface area contributed by atoms with Crippen LogP contribution in [0.4, 0.5) is 0 Å². The van der Waals surface area contributed by atoms with Gasteiger partial charge in [0.05, 0.1) is 0 Å². The second kappa shape index (κ2) is 9.46. The Morgan fingerprint density at radius 1 is 1.73 bits per heavy atom. The molecule has 0 bridgehead atoms. The number of nitrogens with zero attached hydrogens (tertiary/aromatic N) is 1. The average Bonchev–Trinajstić information content (AvgIpc) is 1.89. The second-order valence-corrected chi connectivity index (χ2v) is 2.41. The van der Waals surface area contributed by atoms with E-state index < -0.39 is 5.97 Å². The zero-order chi connectivity index (χ0) is 9.28. The zero-order valence-corrected chi connectivity index (χ0v) is 7.64. The third kappa shape index (κ3) is 26.5. The first-order chi connectivity index (χ1) is 5.04. The fraction of sp³-hybridized carbons (Fsp3) is 0.571. The highest BCUT2D eigenvalue weighted by molar-refractivity contribution is 6.18. The number of hydrogen-bond acceptors (Lipinski definition) is 2. The molecule has 0 rings (SSSR count). The van der Waals surface area contributed by atoms with E-state index in [0.717, 1.165) is 18.5 Å². The van der Waals surface area contributed by atoms with Crippen LogP contribution in [0, 0.1) is 0 Å². The molecule has 0 saturated heterocycles. The molecule has 0 amide bonds. The number of halogens is 1. The van der Waals surface area contributed by atoms with Gasteiger partial charge in [-0.2, -0.15) is 0 Å². The normalized spacial score (nSPS) is 8.36. The monoisotopic (exact) mass is 179 g/mol. The number of alkyl halides is 1. The molecule has 3 nitrogen and oxygen atoms in total. The van der Waals surface area contributed by atoms with Gasteiger partial charge in [0.1, 0.15) is 0 Å². The number of aliphatic carboxylic acids is 1. The quantitative estimate of drug-likeness (QED) is 0.520. The number of carboxylic acid groups (broad SMARTS) is 1. The standard InChI is InChI=1S/C4H10ClN.C3H4O2/c1-6(2)4-3-5;1-2-3(4)5/h3-4H2,1-2H3;2H,1H2,(H,4,5). The van der Waals surface area contributed by atoms with Crippen LogP contribution < -0.4 is 0 Å². The molecule has 11 heavy (non-hydrogen) atoms. The van der Waals surface area contributed by atoms with Gasteiger partial charge in [-0.25, -0.2) is 4.79 Å². The van der Waals surface area contributed by atoms with Crippen LogP contribution in [-0.2, 0) is 4.79 Å². The molecule has 0 aromatic rings. The van der Waals surface area contributed by atoms with Crippen molar-refractivity contribution >= 4 is 17.6 Å². The molecule has 0 radical (unpaired) electrons. The molecule has 0 heterocycles. The molecule has 0 unspecified atom stereocenters. The first-order valence-corrected chi connectivity index (χ1v) is 3.64. The molecule has 1 N–H and O–H groups in total. The van der Waals surface area contributed by atoms with Crippen molar-refractivity contribution in [3.63, 3.8) is 0 Å². The molecule has 0 aromatic heterocycles. The molecule has 0 aliphatic carbocycles. The van der Waals surface area contributed by atoms with Gasteiger partial charge in [-0.3, -0.25) is 0 Å². The van der Waals surface area contributed by atoms with Crippen LogP contribution >= 0.6 is 11.6 Å². The summed E-state index contributed by atoms with van der Waals surface area (Å²) in [7, 11) is 4.00. The van der Waals surface area contributed by atoms with E-state index in [9.17, 15) is 4.79 Å². The molecule has 4 heteroatoms. The third-order valence-corrected chi connectivity index (χ3v) is 0.875. The van der Waals surface area contributed by atoms with Gasteiger partial charge >= 0.3 is 5.97 Å². The summed E-state index contributed by atoms with van der Waals surface area (Å²) in [6.45, 7) is 3.93. The largest absolute Gasteiger partial charge is 0.478 e. The van der Waals surface area contributed by atoms with Crippen molar-refractivity contribution in [1.82, 2.24) is 4.90 Å². The summed E-state index contributed by atoms with van der Waals surface area (Å²) in [5, 5.41) is 7.60. The van der Waals surface area contributed by atoms with Crippen molar-refractivity contribution in [2.45, 2.75) is 0 Å². The van der Waals surface area contributed by atoms with Crippen LogP contribution in [0.3, 0.4) is 0 Å². The van der Waals surface area contributed by atoms with Gasteiger partial charge in [0.15, 0.2) is 0 Å². The van der Waals surface area contributed by atoms with Gasteiger partial charge in [-0.05, 0) is 14.1 Å². The Balaban J connectivity index is 0. The minimum Gasteiger partial charge on any atom is -0.478 e. The number of carboxylic acids is 1. The zero-order valence-electron chi connectivity index (χ0n) is 6.88. The van der Waals surface area contributed by atoms with Crippen molar-refractivity contribution in [3.8, 4) is 0 Å². The lowest BCUT2D eigenvalue weighted by Crippen LogP contribution is -2.13.